The Bertz CT molecular complexity index is 207. The number of carbonyl (C=O) groups excluding carboxylic acids is 1. The lowest BCUT2D eigenvalue weighted by Gasteiger charge is -2.21. The molecule has 0 atom stereocenters. The molecule has 114 valence electrons. The molecule has 0 fully saturated rings. The van der Waals surface area contributed by atoms with Gasteiger partial charge in [0.2, 0.25) is 0 Å². The van der Waals surface area contributed by atoms with Gasteiger partial charge >= 0.3 is 5.97 Å². The molecule has 0 bridgehead atoms. The fourth-order valence-corrected chi connectivity index (χ4v) is 1.93. The Kier molecular flexibility index (Phi) is 12.1. The van der Waals surface area contributed by atoms with E-state index in [-0.39, 0.29) is 5.97 Å². The summed E-state index contributed by atoms with van der Waals surface area (Å²) in [5.74, 6) is 0.347. The van der Waals surface area contributed by atoms with Crippen LogP contribution in [0.3, 0.4) is 0 Å². The fraction of sp³-hybridized carbons (Fsp3) is 0.938. The number of nitrogens with zero attached hydrogens (tertiary/aromatic N) is 1. The van der Waals surface area contributed by atoms with E-state index in [9.17, 15) is 4.79 Å². The fourth-order valence-electron chi connectivity index (χ4n) is 1.93. The second kappa shape index (κ2) is 12.5. The normalized spacial score (nSPS) is 11.3. The van der Waals surface area contributed by atoms with Gasteiger partial charge < -0.3 is 4.74 Å². The Balaban J connectivity index is 3.96. The van der Waals surface area contributed by atoms with E-state index in [2.05, 4.69) is 32.6 Å². The summed E-state index contributed by atoms with van der Waals surface area (Å²) in [4.78, 5) is 14.0. The van der Waals surface area contributed by atoms with Crippen LogP contribution in [-0.4, -0.2) is 37.1 Å². The van der Waals surface area contributed by atoms with Crippen molar-refractivity contribution >= 4 is 5.97 Å². The molecule has 3 heteroatoms. The van der Waals surface area contributed by atoms with Gasteiger partial charge in [0.05, 0.1) is 13.2 Å². The molecule has 0 aromatic heterocycles. The number of esters is 1. The largest absolute Gasteiger partial charge is 0.464 e. The summed E-state index contributed by atoms with van der Waals surface area (Å²) in [5, 5.41) is 0. The van der Waals surface area contributed by atoms with Crippen LogP contribution in [0.15, 0.2) is 0 Å². The molecule has 0 rings (SSSR count). The molecular weight excluding hydrogens is 238 g/mol. The number of hydrogen-bond acceptors (Lipinski definition) is 3. The Labute approximate surface area is 119 Å². The van der Waals surface area contributed by atoms with Gasteiger partial charge in [-0.2, -0.15) is 0 Å². The molecule has 0 radical (unpaired) electrons. The van der Waals surface area contributed by atoms with Crippen LogP contribution in [0, 0.1) is 5.92 Å². The van der Waals surface area contributed by atoms with Crippen LogP contribution >= 0.6 is 0 Å². The molecule has 3 nitrogen and oxygen atoms in total. The number of rotatable bonds is 12. The monoisotopic (exact) mass is 271 g/mol. The van der Waals surface area contributed by atoms with Crippen LogP contribution in [0.4, 0.5) is 0 Å². The molecule has 0 saturated heterocycles. The maximum Gasteiger partial charge on any atom is 0.320 e. The SMILES string of the molecule is CCCCCN(CCCCC)CC(=O)OCC(C)C. The molecule has 0 saturated carbocycles. The van der Waals surface area contributed by atoms with Crippen LogP contribution in [0.2, 0.25) is 0 Å². The highest BCUT2D eigenvalue weighted by atomic mass is 16.5. The maximum absolute atomic E-state index is 11.8. The van der Waals surface area contributed by atoms with Crippen LogP contribution in [0.5, 0.6) is 0 Å². The van der Waals surface area contributed by atoms with Crippen molar-refractivity contribution in [1.29, 1.82) is 0 Å². The topological polar surface area (TPSA) is 29.5 Å². The molecule has 0 aromatic rings. The number of ether oxygens (including phenoxy) is 1. The number of unbranched alkanes of at least 4 members (excludes halogenated alkanes) is 4. The van der Waals surface area contributed by atoms with Gasteiger partial charge in [-0.05, 0) is 31.8 Å². The third-order valence-corrected chi connectivity index (χ3v) is 3.09. The van der Waals surface area contributed by atoms with Crippen LogP contribution in [0.25, 0.3) is 0 Å². The quantitative estimate of drug-likeness (QED) is 0.398. The highest BCUT2D eigenvalue weighted by Gasteiger charge is 2.11. The van der Waals surface area contributed by atoms with Crippen molar-refractivity contribution in [3.8, 4) is 0 Å². The van der Waals surface area contributed by atoms with Gasteiger partial charge in [-0.25, -0.2) is 0 Å². The molecule has 0 amide bonds. The second-order valence-electron chi connectivity index (χ2n) is 5.77. The average Bonchev–Trinajstić information content (AvgIpc) is 2.36. The summed E-state index contributed by atoms with van der Waals surface area (Å²) in [7, 11) is 0. The van der Waals surface area contributed by atoms with E-state index in [0.717, 1.165) is 13.1 Å². The summed E-state index contributed by atoms with van der Waals surface area (Å²) in [6, 6.07) is 0. The van der Waals surface area contributed by atoms with Crippen molar-refractivity contribution in [1.82, 2.24) is 4.90 Å². The van der Waals surface area contributed by atoms with Crippen molar-refractivity contribution < 1.29 is 9.53 Å². The molecular formula is C16H33NO2. The minimum Gasteiger partial charge on any atom is -0.464 e. The van der Waals surface area contributed by atoms with Gasteiger partial charge in [-0.3, -0.25) is 9.69 Å². The maximum atomic E-state index is 11.8. The molecule has 0 spiro atoms. The van der Waals surface area contributed by atoms with Crippen LogP contribution in [-0.2, 0) is 9.53 Å². The first-order valence-corrected chi connectivity index (χ1v) is 7.98. The van der Waals surface area contributed by atoms with Gasteiger partial charge in [-0.1, -0.05) is 53.4 Å². The van der Waals surface area contributed by atoms with Gasteiger partial charge in [0.1, 0.15) is 0 Å². The third-order valence-electron chi connectivity index (χ3n) is 3.09. The predicted molar refractivity (Wildman–Crippen MR) is 81.3 cm³/mol. The molecule has 19 heavy (non-hydrogen) atoms. The van der Waals surface area contributed by atoms with Crippen molar-refractivity contribution in [3.63, 3.8) is 0 Å². The minimum absolute atomic E-state index is 0.0679. The number of carbonyl (C=O) groups is 1. The second-order valence-corrected chi connectivity index (χ2v) is 5.77. The third kappa shape index (κ3) is 12.2. The first-order valence-electron chi connectivity index (χ1n) is 7.98. The average molecular weight is 271 g/mol. The summed E-state index contributed by atoms with van der Waals surface area (Å²) in [5.41, 5.74) is 0. The zero-order valence-electron chi connectivity index (χ0n) is 13.4. The van der Waals surface area contributed by atoms with Crippen molar-refractivity contribution in [2.75, 3.05) is 26.2 Å². The smallest absolute Gasteiger partial charge is 0.320 e. The Morgan fingerprint density at radius 1 is 1.00 bits per heavy atom. The molecule has 0 N–H and O–H groups in total. The zero-order valence-corrected chi connectivity index (χ0v) is 13.4. The van der Waals surface area contributed by atoms with E-state index in [1.54, 1.807) is 0 Å². The Morgan fingerprint density at radius 3 is 1.95 bits per heavy atom. The van der Waals surface area contributed by atoms with Crippen molar-refractivity contribution in [2.24, 2.45) is 5.92 Å². The van der Waals surface area contributed by atoms with Crippen molar-refractivity contribution in [2.45, 2.75) is 66.2 Å². The lowest BCUT2D eigenvalue weighted by Crippen LogP contribution is -2.33. The minimum atomic E-state index is -0.0679. The first kappa shape index (κ1) is 18.4. The van der Waals surface area contributed by atoms with E-state index in [4.69, 9.17) is 4.74 Å². The molecule has 0 aliphatic carbocycles. The van der Waals surface area contributed by atoms with Crippen molar-refractivity contribution in [3.05, 3.63) is 0 Å². The summed E-state index contributed by atoms with van der Waals surface area (Å²) >= 11 is 0. The Hall–Kier alpha value is -0.570. The first-order chi connectivity index (χ1) is 9.10. The summed E-state index contributed by atoms with van der Waals surface area (Å²) in [6.07, 6.45) is 7.29. The van der Waals surface area contributed by atoms with Gasteiger partial charge in [0, 0.05) is 0 Å². The van der Waals surface area contributed by atoms with Gasteiger partial charge in [0.25, 0.3) is 0 Å². The van der Waals surface area contributed by atoms with E-state index >= 15 is 0 Å². The number of hydrogen-bond donors (Lipinski definition) is 0. The molecule has 0 aromatic carbocycles. The van der Waals surface area contributed by atoms with E-state index in [0.29, 0.717) is 19.1 Å². The van der Waals surface area contributed by atoms with E-state index < -0.39 is 0 Å². The van der Waals surface area contributed by atoms with Gasteiger partial charge in [-0.15, -0.1) is 0 Å². The summed E-state index contributed by atoms with van der Waals surface area (Å²) in [6.45, 7) is 11.6. The molecule has 0 aliphatic rings. The van der Waals surface area contributed by atoms with Crippen LogP contribution in [0.1, 0.15) is 66.2 Å². The highest BCUT2D eigenvalue weighted by Crippen LogP contribution is 2.03. The van der Waals surface area contributed by atoms with E-state index in [1.807, 2.05) is 0 Å². The van der Waals surface area contributed by atoms with Gasteiger partial charge in [0.15, 0.2) is 0 Å². The molecule has 0 heterocycles. The lowest BCUT2D eigenvalue weighted by atomic mass is 10.2. The molecule has 0 unspecified atom stereocenters. The summed E-state index contributed by atoms with van der Waals surface area (Å²) < 4.78 is 5.27. The predicted octanol–water partition coefficient (Wildman–Crippen LogP) is 3.87. The standard InChI is InChI=1S/C16H33NO2/c1-5-7-9-11-17(12-10-8-6-2)13-16(18)19-14-15(3)4/h15H,5-14H2,1-4H3. The highest BCUT2D eigenvalue weighted by molar-refractivity contribution is 5.71. The van der Waals surface area contributed by atoms with Crippen LogP contribution < -0.4 is 0 Å². The Morgan fingerprint density at radius 2 is 1.53 bits per heavy atom. The van der Waals surface area contributed by atoms with E-state index in [1.165, 1.54) is 38.5 Å². The lowest BCUT2D eigenvalue weighted by molar-refractivity contribution is -0.146. The zero-order chi connectivity index (χ0) is 14.5. The molecule has 0 aliphatic heterocycles.